The molecule has 1 heterocycles. The molecule has 0 atom stereocenters. The fraction of sp³-hybridized carbons (Fsp3) is 0.200. The van der Waals surface area contributed by atoms with Crippen LogP contribution in [0.2, 0.25) is 5.02 Å². The van der Waals surface area contributed by atoms with E-state index in [0.29, 0.717) is 4.70 Å². The third kappa shape index (κ3) is 1.34. The van der Waals surface area contributed by atoms with Gasteiger partial charge in [0, 0.05) is 0 Å². The Balaban J connectivity index is 2.87. The summed E-state index contributed by atoms with van der Waals surface area (Å²) in [5.41, 5.74) is 1.11. The molecule has 13 heavy (non-hydrogen) atoms. The Morgan fingerprint density at radius 1 is 1.54 bits per heavy atom. The van der Waals surface area contributed by atoms with Crippen molar-refractivity contribution >= 4 is 33.0 Å². The molecule has 1 aromatic carbocycles. The zero-order valence-corrected chi connectivity index (χ0v) is 8.68. The minimum absolute atomic E-state index is 0.229. The number of thiophene rings is 1. The Bertz CT molecular complexity index is 447. The molecule has 0 unspecified atom stereocenters. The van der Waals surface area contributed by atoms with Crippen molar-refractivity contribution in [3.63, 3.8) is 0 Å². The van der Waals surface area contributed by atoms with Crippen molar-refractivity contribution in [1.82, 2.24) is 0 Å². The van der Waals surface area contributed by atoms with Gasteiger partial charge in [-0.05, 0) is 34.9 Å². The molecule has 0 saturated heterocycles. The lowest BCUT2D eigenvalue weighted by atomic mass is 10.1. The smallest absolute Gasteiger partial charge is 0.159 e. The first-order chi connectivity index (χ1) is 6.24. The van der Waals surface area contributed by atoms with Crippen molar-refractivity contribution < 1.29 is 4.39 Å². The van der Waals surface area contributed by atoms with Gasteiger partial charge in [-0.15, -0.1) is 11.3 Å². The van der Waals surface area contributed by atoms with Crippen molar-refractivity contribution in [2.75, 3.05) is 0 Å². The van der Waals surface area contributed by atoms with E-state index in [2.05, 4.69) is 0 Å². The second-order valence-electron chi connectivity index (χ2n) is 2.85. The summed E-state index contributed by atoms with van der Waals surface area (Å²) in [5, 5.41) is 3.12. The monoisotopic (exact) mass is 214 g/mol. The molecule has 0 radical (unpaired) electrons. The van der Waals surface area contributed by atoms with E-state index < -0.39 is 0 Å². The summed E-state index contributed by atoms with van der Waals surface area (Å²) in [4.78, 5) is 0. The van der Waals surface area contributed by atoms with Gasteiger partial charge in [0.15, 0.2) is 5.82 Å². The average Bonchev–Trinajstić information content (AvgIpc) is 2.60. The number of halogens is 2. The zero-order chi connectivity index (χ0) is 9.42. The number of aryl methyl sites for hydroxylation is 1. The van der Waals surface area contributed by atoms with E-state index in [1.165, 1.54) is 11.3 Å². The maximum Gasteiger partial charge on any atom is 0.159 e. The molecule has 0 fully saturated rings. The van der Waals surface area contributed by atoms with Gasteiger partial charge in [0.1, 0.15) is 0 Å². The van der Waals surface area contributed by atoms with Gasteiger partial charge in [0.2, 0.25) is 0 Å². The maximum atomic E-state index is 13.4. The molecule has 68 valence electrons. The van der Waals surface area contributed by atoms with Gasteiger partial charge in [-0.1, -0.05) is 18.5 Å². The molecule has 1 aromatic heterocycles. The average molecular weight is 215 g/mol. The summed E-state index contributed by atoms with van der Waals surface area (Å²) >= 11 is 7.16. The highest BCUT2D eigenvalue weighted by Crippen LogP contribution is 2.32. The molecular formula is C10H8ClFS. The third-order valence-corrected chi connectivity index (χ3v) is 3.28. The van der Waals surface area contributed by atoms with Crippen molar-refractivity contribution in [2.45, 2.75) is 13.3 Å². The van der Waals surface area contributed by atoms with Gasteiger partial charge >= 0.3 is 0 Å². The molecule has 2 aromatic rings. The van der Waals surface area contributed by atoms with Crippen LogP contribution in [-0.2, 0) is 6.42 Å². The van der Waals surface area contributed by atoms with Crippen LogP contribution < -0.4 is 0 Å². The van der Waals surface area contributed by atoms with E-state index in [9.17, 15) is 4.39 Å². The fourth-order valence-electron chi connectivity index (χ4n) is 1.43. The Hall–Kier alpha value is -0.600. The molecule has 0 nitrogen and oxygen atoms in total. The van der Waals surface area contributed by atoms with Crippen LogP contribution >= 0.6 is 22.9 Å². The third-order valence-electron chi connectivity index (χ3n) is 2.10. The van der Waals surface area contributed by atoms with Gasteiger partial charge in [0.05, 0.1) is 9.72 Å². The van der Waals surface area contributed by atoms with Gasteiger partial charge in [-0.3, -0.25) is 0 Å². The largest absolute Gasteiger partial charge is 0.204 e. The summed E-state index contributed by atoms with van der Waals surface area (Å²) in [7, 11) is 0. The first-order valence-electron chi connectivity index (χ1n) is 4.08. The van der Waals surface area contributed by atoms with Crippen LogP contribution in [0.15, 0.2) is 17.5 Å². The second kappa shape index (κ2) is 3.28. The molecule has 0 aliphatic carbocycles. The maximum absolute atomic E-state index is 13.4. The van der Waals surface area contributed by atoms with Crippen LogP contribution in [0.4, 0.5) is 4.39 Å². The van der Waals surface area contributed by atoms with Crippen LogP contribution in [0, 0.1) is 5.82 Å². The number of fused-ring (bicyclic) bond motifs is 1. The highest BCUT2D eigenvalue weighted by atomic mass is 35.5. The predicted molar refractivity (Wildman–Crippen MR) is 56.2 cm³/mol. The summed E-state index contributed by atoms with van der Waals surface area (Å²) in [5.74, 6) is -0.288. The fourth-order valence-corrected chi connectivity index (χ4v) is 2.59. The number of hydrogen-bond acceptors (Lipinski definition) is 1. The Morgan fingerprint density at radius 2 is 2.31 bits per heavy atom. The van der Waals surface area contributed by atoms with Gasteiger partial charge < -0.3 is 0 Å². The predicted octanol–water partition coefficient (Wildman–Crippen LogP) is 4.26. The number of hydrogen-bond donors (Lipinski definition) is 0. The van der Waals surface area contributed by atoms with Gasteiger partial charge in [0.25, 0.3) is 0 Å². The Kier molecular flexibility index (Phi) is 2.26. The molecule has 0 aliphatic rings. The van der Waals surface area contributed by atoms with Crippen molar-refractivity contribution in [3.05, 3.63) is 33.9 Å². The molecule has 3 heteroatoms. The SMILES string of the molecule is CCc1cc(Cl)c(F)c2sccc12. The van der Waals surface area contributed by atoms with Gasteiger partial charge in [-0.25, -0.2) is 4.39 Å². The summed E-state index contributed by atoms with van der Waals surface area (Å²) in [6, 6.07) is 3.66. The summed E-state index contributed by atoms with van der Waals surface area (Å²) < 4.78 is 14.1. The first-order valence-corrected chi connectivity index (χ1v) is 5.34. The summed E-state index contributed by atoms with van der Waals surface area (Å²) in [6.45, 7) is 2.04. The van der Waals surface area contributed by atoms with E-state index in [0.717, 1.165) is 17.4 Å². The minimum atomic E-state index is -0.288. The van der Waals surface area contributed by atoms with E-state index in [1.807, 2.05) is 18.4 Å². The van der Waals surface area contributed by atoms with Crippen LogP contribution in [0.25, 0.3) is 10.1 Å². The molecule has 0 spiro atoms. The molecular weight excluding hydrogens is 207 g/mol. The van der Waals surface area contributed by atoms with Gasteiger partial charge in [-0.2, -0.15) is 0 Å². The number of benzene rings is 1. The molecule has 0 N–H and O–H groups in total. The first kappa shape index (κ1) is 8.97. The Labute approximate surface area is 85.0 Å². The highest BCUT2D eigenvalue weighted by Gasteiger charge is 2.10. The van der Waals surface area contributed by atoms with Crippen molar-refractivity contribution in [3.8, 4) is 0 Å². The van der Waals surface area contributed by atoms with E-state index >= 15 is 0 Å². The standard InChI is InChI=1S/C10H8ClFS/c1-2-6-5-8(11)9(12)10-7(6)3-4-13-10/h3-5H,2H2,1H3. The quantitative estimate of drug-likeness (QED) is 0.666. The zero-order valence-electron chi connectivity index (χ0n) is 7.10. The minimum Gasteiger partial charge on any atom is -0.204 e. The molecule has 2 rings (SSSR count). The van der Waals surface area contributed by atoms with E-state index in [-0.39, 0.29) is 10.8 Å². The van der Waals surface area contributed by atoms with E-state index in [4.69, 9.17) is 11.6 Å². The highest BCUT2D eigenvalue weighted by molar-refractivity contribution is 7.17. The topological polar surface area (TPSA) is 0 Å². The lowest BCUT2D eigenvalue weighted by Crippen LogP contribution is -1.85. The van der Waals surface area contributed by atoms with Crippen LogP contribution in [-0.4, -0.2) is 0 Å². The normalized spacial score (nSPS) is 11.0. The molecule has 0 saturated carbocycles. The van der Waals surface area contributed by atoms with Crippen molar-refractivity contribution in [1.29, 1.82) is 0 Å². The van der Waals surface area contributed by atoms with Crippen LogP contribution in [0.3, 0.4) is 0 Å². The number of rotatable bonds is 1. The van der Waals surface area contributed by atoms with Crippen LogP contribution in [0.1, 0.15) is 12.5 Å². The van der Waals surface area contributed by atoms with E-state index in [1.54, 1.807) is 6.07 Å². The summed E-state index contributed by atoms with van der Waals surface area (Å²) in [6.07, 6.45) is 0.882. The van der Waals surface area contributed by atoms with Crippen LogP contribution in [0.5, 0.6) is 0 Å². The molecule has 0 aliphatic heterocycles. The molecule has 0 bridgehead atoms. The Morgan fingerprint density at radius 3 is 3.00 bits per heavy atom. The lowest BCUT2D eigenvalue weighted by Gasteiger charge is -2.02. The molecule has 0 amide bonds. The van der Waals surface area contributed by atoms with Crippen molar-refractivity contribution in [2.24, 2.45) is 0 Å². The lowest BCUT2D eigenvalue weighted by molar-refractivity contribution is 0.641. The second-order valence-corrected chi connectivity index (χ2v) is 4.17.